The van der Waals surface area contributed by atoms with Gasteiger partial charge in [-0.2, -0.15) is 13.2 Å². The number of rotatable bonds is 4. The Labute approximate surface area is 137 Å². The van der Waals surface area contributed by atoms with Crippen molar-refractivity contribution in [2.75, 3.05) is 18.1 Å². The molecule has 1 aliphatic heterocycles. The van der Waals surface area contributed by atoms with Crippen LogP contribution in [0.4, 0.5) is 18.9 Å². The molecule has 1 aliphatic rings. The number of carbonyl (C=O) groups excluding carboxylic acids is 1. The maximum Gasteiger partial charge on any atom is 0.422 e. The van der Waals surface area contributed by atoms with Gasteiger partial charge in [0, 0.05) is 18.8 Å². The molecule has 0 radical (unpaired) electrons. The number of esters is 1. The zero-order valence-corrected chi connectivity index (χ0v) is 12.8. The highest BCUT2D eigenvalue weighted by Crippen LogP contribution is 2.30. The summed E-state index contributed by atoms with van der Waals surface area (Å²) >= 11 is 0. The van der Waals surface area contributed by atoms with Gasteiger partial charge in [0.2, 0.25) is 0 Å². The van der Waals surface area contributed by atoms with Gasteiger partial charge in [-0.05, 0) is 35.7 Å². The van der Waals surface area contributed by atoms with Crippen LogP contribution in [0, 0.1) is 0 Å². The Kier molecular flexibility index (Phi) is 4.46. The van der Waals surface area contributed by atoms with Gasteiger partial charge in [-0.3, -0.25) is 0 Å². The Hall–Kier alpha value is -2.50. The highest BCUT2D eigenvalue weighted by Gasteiger charge is 2.30. The Morgan fingerprint density at radius 3 is 2.58 bits per heavy atom. The van der Waals surface area contributed by atoms with Crippen molar-refractivity contribution in [3.63, 3.8) is 0 Å². The number of carbonyl (C=O) groups is 1. The van der Waals surface area contributed by atoms with E-state index in [4.69, 9.17) is 0 Å². The van der Waals surface area contributed by atoms with Crippen LogP contribution in [0.25, 0.3) is 0 Å². The van der Waals surface area contributed by atoms with Crippen molar-refractivity contribution >= 4 is 11.7 Å². The van der Waals surface area contributed by atoms with Gasteiger partial charge in [0.25, 0.3) is 0 Å². The second-order valence-corrected chi connectivity index (χ2v) is 5.69. The first-order chi connectivity index (χ1) is 11.4. The molecule has 1 heterocycles. The van der Waals surface area contributed by atoms with Crippen LogP contribution in [0.3, 0.4) is 0 Å². The Morgan fingerprint density at radius 1 is 1.12 bits per heavy atom. The Balaban J connectivity index is 1.70. The van der Waals surface area contributed by atoms with Gasteiger partial charge in [-0.25, -0.2) is 4.79 Å². The summed E-state index contributed by atoms with van der Waals surface area (Å²) < 4.78 is 40.7. The number of ether oxygens (including phenoxy) is 1. The lowest BCUT2D eigenvalue weighted by atomic mass is 10.1. The molecular weight excluding hydrogens is 319 g/mol. The summed E-state index contributed by atoms with van der Waals surface area (Å²) in [6.07, 6.45) is -3.76. The van der Waals surface area contributed by atoms with E-state index in [0.717, 1.165) is 30.8 Å². The molecule has 0 spiro atoms. The minimum atomic E-state index is -4.52. The summed E-state index contributed by atoms with van der Waals surface area (Å²) in [5, 5.41) is 0. The van der Waals surface area contributed by atoms with Crippen molar-refractivity contribution in [3.05, 3.63) is 65.2 Å². The summed E-state index contributed by atoms with van der Waals surface area (Å²) in [6, 6.07) is 14.9. The summed E-state index contributed by atoms with van der Waals surface area (Å²) in [7, 11) is 0. The number of anilines is 1. The zero-order chi connectivity index (χ0) is 17.2. The van der Waals surface area contributed by atoms with Crippen molar-refractivity contribution in [2.24, 2.45) is 0 Å². The second kappa shape index (κ2) is 6.55. The van der Waals surface area contributed by atoms with Crippen LogP contribution < -0.4 is 4.90 Å². The highest BCUT2D eigenvalue weighted by molar-refractivity contribution is 5.90. The fourth-order valence-corrected chi connectivity index (χ4v) is 2.80. The quantitative estimate of drug-likeness (QED) is 0.792. The van der Waals surface area contributed by atoms with Gasteiger partial charge >= 0.3 is 12.1 Å². The van der Waals surface area contributed by atoms with E-state index < -0.39 is 18.8 Å². The van der Waals surface area contributed by atoms with Crippen molar-refractivity contribution < 1.29 is 22.7 Å². The molecule has 0 aromatic heterocycles. The van der Waals surface area contributed by atoms with E-state index in [9.17, 15) is 18.0 Å². The molecule has 0 unspecified atom stereocenters. The summed E-state index contributed by atoms with van der Waals surface area (Å²) in [5.41, 5.74) is 3.29. The standard InChI is InChI=1S/C18H16F3NO2/c19-18(20,21)12-24-17(23)15-6-7-16-14(10-15)8-9-22(16)11-13-4-2-1-3-5-13/h1-7,10H,8-9,11-12H2. The fourth-order valence-electron chi connectivity index (χ4n) is 2.80. The topological polar surface area (TPSA) is 29.5 Å². The predicted octanol–water partition coefficient (Wildman–Crippen LogP) is 3.97. The lowest BCUT2D eigenvalue weighted by molar-refractivity contribution is -0.161. The summed E-state index contributed by atoms with van der Waals surface area (Å²) in [6.45, 7) is 0.0000365. The third-order valence-electron chi connectivity index (χ3n) is 3.89. The molecule has 3 nitrogen and oxygen atoms in total. The minimum Gasteiger partial charge on any atom is -0.452 e. The third kappa shape index (κ3) is 3.88. The summed E-state index contributed by atoms with van der Waals surface area (Å²) in [5.74, 6) is -0.948. The Morgan fingerprint density at radius 2 is 1.88 bits per heavy atom. The molecule has 2 aromatic rings. The third-order valence-corrected chi connectivity index (χ3v) is 3.89. The predicted molar refractivity (Wildman–Crippen MR) is 84.0 cm³/mol. The second-order valence-electron chi connectivity index (χ2n) is 5.69. The van der Waals surface area contributed by atoms with Crippen LogP contribution in [0.5, 0.6) is 0 Å². The number of alkyl halides is 3. The summed E-state index contributed by atoms with van der Waals surface area (Å²) in [4.78, 5) is 13.9. The van der Waals surface area contributed by atoms with Gasteiger partial charge in [-0.1, -0.05) is 30.3 Å². The normalized spacial score (nSPS) is 13.7. The zero-order valence-electron chi connectivity index (χ0n) is 12.8. The van der Waals surface area contributed by atoms with E-state index >= 15 is 0 Å². The molecule has 0 aliphatic carbocycles. The number of halogens is 3. The number of hydrogen-bond donors (Lipinski definition) is 0. The number of benzene rings is 2. The van der Waals surface area contributed by atoms with E-state index in [1.807, 2.05) is 30.3 Å². The monoisotopic (exact) mass is 335 g/mol. The van der Waals surface area contributed by atoms with Crippen LogP contribution >= 0.6 is 0 Å². The molecule has 0 amide bonds. The maximum absolute atomic E-state index is 12.1. The first kappa shape index (κ1) is 16.4. The molecule has 0 N–H and O–H groups in total. The Bertz CT molecular complexity index is 729. The van der Waals surface area contributed by atoms with Gasteiger partial charge in [-0.15, -0.1) is 0 Å². The molecule has 3 rings (SSSR count). The van der Waals surface area contributed by atoms with Gasteiger partial charge in [0.15, 0.2) is 6.61 Å². The first-order valence-corrected chi connectivity index (χ1v) is 7.58. The average molecular weight is 335 g/mol. The molecule has 6 heteroatoms. The van der Waals surface area contributed by atoms with Crippen molar-refractivity contribution in [3.8, 4) is 0 Å². The van der Waals surface area contributed by atoms with E-state index in [2.05, 4.69) is 9.64 Å². The number of hydrogen-bond acceptors (Lipinski definition) is 3. The lowest BCUT2D eigenvalue weighted by Gasteiger charge is -2.19. The average Bonchev–Trinajstić information content (AvgIpc) is 2.95. The minimum absolute atomic E-state index is 0.152. The molecule has 0 fully saturated rings. The molecule has 24 heavy (non-hydrogen) atoms. The molecule has 0 bridgehead atoms. The van der Waals surface area contributed by atoms with Crippen molar-refractivity contribution in [1.29, 1.82) is 0 Å². The molecule has 2 aromatic carbocycles. The van der Waals surface area contributed by atoms with E-state index in [-0.39, 0.29) is 5.56 Å². The van der Waals surface area contributed by atoms with E-state index in [1.54, 1.807) is 12.1 Å². The molecule has 0 saturated carbocycles. The SMILES string of the molecule is O=C(OCC(F)(F)F)c1ccc2c(c1)CCN2Cc1ccccc1. The van der Waals surface area contributed by atoms with Gasteiger partial charge < -0.3 is 9.64 Å². The largest absolute Gasteiger partial charge is 0.452 e. The van der Waals surface area contributed by atoms with E-state index in [0.29, 0.717) is 0 Å². The first-order valence-electron chi connectivity index (χ1n) is 7.58. The lowest BCUT2D eigenvalue weighted by Crippen LogP contribution is -2.20. The van der Waals surface area contributed by atoms with Crippen LogP contribution in [0.15, 0.2) is 48.5 Å². The van der Waals surface area contributed by atoms with Gasteiger partial charge in [0.05, 0.1) is 5.56 Å². The van der Waals surface area contributed by atoms with Crippen LogP contribution in [0.1, 0.15) is 21.5 Å². The number of nitrogens with zero attached hydrogens (tertiary/aromatic N) is 1. The maximum atomic E-state index is 12.1. The molecular formula is C18H16F3NO2. The van der Waals surface area contributed by atoms with E-state index in [1.165, 1.54) is 11.6 Å². The van der Waals surface area contributed by atoms with Gasteiger partial charge in [0.1, 0.15) is 0 Å². The fraction of sp³-hybridized carbons (Fsp3) is 0.278. The van der Waals surface area contributed by atoms with Crippen LogP contribution in [-0.4, -0.2) is 25.3 Å². The highest BCUT2D eigenvalue weighted by atomic mass is 19.4. The van der Waals surface area contributed by atoms with Crippen LogP contribution in [-0.2, 0) is 17.7 Å². The van der Waals surface area contributed by atoms with Crippen molar-refractivity contribution in [2.45, 2.75) is 19.1 Å². The molecule has 0 atom stereocenters. The smallest absolute Gasteiger partial charge is 0.422 e. The van der Waals surface area contributed by atoms with Crippen molar-refractivity contribution in [1.82, 2.24) is 0 Å². The molecule has 0 saturated heterocycles. The van der Waals surface area contributed by atoms with Crippen LogP contribution in [0.2, 0.25) is 0 Å². The number of fused-ring (bicyclic) bond motifs is 1. The molecule has 126 valence electrons.